The lowest BCUT2D eigenvalue weighted by atomic mass is 10.2. The SMILES string of the molecule is N#Cc1ccc(Nc2ccccc2Br)c(F)c1Br. The van der Waals surface area contributed by atoms with Crippen LogP contribution >= 0.6 is 31.9 Å². The van der Waals surface area contributed by atoms with E-state index in [0.29, 0.717) is 5.69 Å². The summed E-state index contributed by atoms with van der Waals surface area (Å²) in [7, 11) is 0. The minimum atomic E-state index is -0.482. The van der Waals surface area contributed by atoms with Crippen molar-refractivity contribution < 1.29 is 4.39 Å². The summed E-state index contributed by atoms with van der Waals surface area (Å²) in [5.41, 5.74) is 1.34. The van der Waals surface area contributed by atoms with Gasteiger partial charge in [-0.25, -0.2) is 4.39 Å². The predicted octanol–water partition coefficient (Wildman–Crippen LogP) is 4.97. The van der Waals surface area contributed by atoms with Crippen LogP contribution in [0.25, 0.3) is 0 Å². The van der Waals surface area contributed by atoms with Crippen molar-refractivity contribution in [1.82, 2.24) is 0 Å². The van der Waals surface area contributed by atoms with Gasteiger partial charge in [0.05, 0.1) is 21.4 Å². The highest BCUT2D eigenvalue weighted by Crippen LogP contribution is 2.31. The molecule has 90 valence electrons. The topological polar surface area (TPSA) is 35.8 Å². The summed E-state index contributed by atoms with van der Waals surface area (Å²) in [5, 5.41) is 11.8. The highest BCUT2D eigenvalue weighted by Gasteiger charge is 2.11. The molecular formula is C13H7Br2FN2. The van der Waals surface area contributed by atoms with E-state index in [4.69, 9.17) is 5.26 Å². The fraction of sp³-hybridized carbons (Fsp3) is 0. The summed E-state index contributed by atoms with van der Waals surface area (Å²) < 4.78 is 15.0. The molecule has 0 amide bonds. The Hall–Kier alpha value is -1.38. The molecule has 0 aromatic heterocycles. The molecule has 2 nitrogen and oxygen atoms in total. The average molecular weight is 370 g/mol. The normalized spacial score (nSPS) is 9.89. The van der Waals surface area contributed by atoms with Crippen LogP contribution in [0.15, 0.2) is 45.3 Å². The number of benzene rings is 2. The quantitative estimate of drug-likeness (QED) is 0.811. The molecule has 0 saturated heterocycles. The first-order valence-corrected chi connectivity index (χ1v) is 6.61. The first-order chi connectivity index (χ1) is 8.63. The van der Waals surface area contributed by atoms with Gasteiger partial charge in [-0.3, -0.25) is 0 Å². The van der Waals surface area contributed by atoms with Crippen molar-refractivity contribution in [3.8, 4) is 6.07 Å². The largest absolute Gasteiger partial charge is 0.352 e. The number of anilines is 2. The molecule has 0 aliphatic rings. The standard InChI is InChI=1S/C13H7Br2FN2/c14-9-3-1-2-4-10(9)18-11-6-5-8(7-17)12(15)13(11)16/h1-6,18H. The first kappa shape index (κ1) is 13.1. The molecule has 0 spiro atoms. The smallest absolute Gasteiger partial charge is 0.162 e. The zero-order valence-corrected chi connectivity index (χ0v) is 12.2. The van der Waals surface area contributed by atoms with Crippen LogP contribution in [0.5, 0.6) is 0 Å². The maximum Gasteiger partial charge on any atom is 0.162 e. The van der Waals surface area contributed by atoms with Gasteiger partial charge in [0.1, 0.15) is 6.07 Å². The maximum absolute atomic E-state index is 14.0. The number of nitriles is 1. The van der Waals surface area contributed by atoms with Gasteiger partial charge in [-0.15, -0.1) is 0 Å². The van der Waals surface area contributed by atoms with Crippen LogP contribution < -0.4 is 5.32 Å². The number of hydrogen-bond acceptors (Lipinski definition) is 2. The molecule has 18 heavy (non-hydrogen) atoms. The number of halogens is 3. The van der Waals surface area contributed by atoms with Crippen molar-refractivity contribution in [3.05, 3.63) is 56.7 Å². The van der Waals surface area contributed by atoms with Crippen molar-refractivity contribution in [2.45, 2.75) is 0 Å². The van der Waals surface area contributed by atoms with Gasteiger partial charge in [0.15, 0.2) is 5.82 Å². The van der Waals surface area contributed by atoms with E-state index in [1.807, 2.05) is 30.3 Å². The molecule has 0 heterocycles. The number of para-hydroxylation sites is 1. The lowest BCUT2D eigenvalue weighted by molar-refractivity contribution is 0.624. The van der Waals surface area contributed by atoms with E-state index < -0.39 is 5.82 Å². The number of nitrogens with zero attached hydrogens (tertiary/aromatic N) is 1. The predicted molar refractivity (Wildman–Crippen MR) is 76.2 cm³/mol. The summed E-state index contributed by atoms with van der Waals surface area (Å²) in [6, 6.07) is 12.4. The fourth-order valence-corrected chi connectivity index (χ4v) is 2.26. The molecule has 0 bridgehead atoms. The molecule has 2 aromatic rings. The highest BCUT2D eigenvalue weighted by atomic mass is 79.9. The summed E-state index contributed by atoms with van der Waals surface area (Å²) >= 11 is 6.45. The molecule has 0 unspecified atom stereocenters. The monoisotopic (exact) mass is 368 g/mol. The molecule has 0 atom stereocenters. The minimum absolute atomic E-state index is 0.169. The number of hydrogen-bond donors (Lipinski definition) is 1. The third kappa shape index (κ3) is 2.55. The zero-order valence-electron chi connectivity index (χ0n) is 9.05. The second-order valence-electron chi connectivity index (χ2n) is 3.51. The van der Waals surface area contributed by atoms with Gasteiger partial charge in [-0.1, -0.05) is 12.1 Å². The first-order valence-electron chi connectivity index (χ1n) is 5.03. The Morgan fingerprint density at radius 2 is 1.78 bits per heavy atom. The summed E-state index contributed by atoms with van der Waals surface area (Å²) in [5.74, 6) is -0.482. The van der Waals surface area contributed by atoms with Gasteiger partial charge in [0, 0.05) is 4.47 Å². The number of rotatable bonds is 2. The van der Waals surface area contributed by atoms with Gasteiger partial charge in [0.25, 0.3) is 0 Å². The van der Waals surface area contributed by atoms with Crippen LogP contribution in [0.2, 0.25) is 0 Å². The average Bonchev–Trinajstić information content (AvgIpc) is 2.38. The minimum Gasteiger partial charge on any atom is -0.352 e. The summed E-state index contributed by atoms with van der Waals surface area (Å²) in [4.78, 5) is 0. The van der Waals surface area contributed by atoms with Crippen molar-refractivity contribution >= 4 is 43.2 Å². The van der Waals surface area contributed by atoms with E-state index in [9.17, 15) is 4.39 Å². The third-order valence-electron chi connectivity index (χ3n) is 2.35. The molecule has 0 fully saturated rings. The van der Waals surface area contributed by atoms with Crippen LogP contribution in [-0.4, -0.2) is 0 Å². The zero-order chi connectivity index (χ0) is 13.1. The van der Waals surface area contributed by atoms with E-state index in [0.717, 1.165) is 10.2 Å². The summed E-state index contributed by atoms with van der Waals surface area (Å²) in [6.07, 6.45) is 0. The van der Waals surface area contributed by atoms with Crippen molar-refractivity contribution in [2.75, 3.05) is 5.32 Å². The molecule has 0 radical (unpaired) electrons. The molecule has 0 aliphatic heterocycles. The van der Waals surface area contributed by atoms with Crippen LogP contribution in [0.4, 0.5) is 15.8 Å². The lowest BCUT2D eigenvalue weighted by Gasteiger charge is -2.10. The van der Waals surface area contributed by atoms with Crippen molar-refractivity contribution in [3.63, 3.8) is 0 Å². The molecule has 2 rings (SSSR count). The van der Waals surface area contributed by atoms with Crippen molar-refractivity contribution in [1.29, 1.82) is 5.26 Å². The van der Waals surface area contributed by atoms with Gasteiger partial charge in [0.2, 0.25) is 0 Å². The Morgan fingerprint density at radius 1 is 1.06 bits per heavy atom. The number of nitrogens with one attached hydrogen (secondary N) is 1. The van der Waals surface area contributed by atoms with E-state index >= 15 is 0 Å². The molecular weight excluding hydrogens is 363 g/mol. The van der Waals surface area contributed by atoms with Gasteiger partial charge >= 0.3 is 0 Å². The Kier molecular flexibility index (Phi) is 4.00. The van der Waals surface area contributed by atoms with Crippen LogP contribution in [0, 0.1) is 17.1 Å². The van der Waals surface area contributed by atoms with Gasteiger partial charge < -0.3 is 5.32 Å². The molecule has 0 saturated carbocycles. The van der Waals surface area contributed by atoms with Crippen LogP contribution in [0.3, 0.4) is 0 Å². The second-order valence-corrected chi connectivity index (χ2v) is 5.15. The molecule has 1 N–H and O–H groups in total. The molecule has 2 aromatic carbocycles. The Balaban J connectivity index is 2.40. The second kappa shape index (κ2) is 5.51. The van der Waals surface area contributed by atoms with Crippen LogP contribution in [0.1, 0.15) is 5.56 Å². The lowest BCUT2D eigenvalue weighted by Crippen LogP contribution is -1.96. The van der Waals surface area contributed by atoms with E-state index in [1.165, 1.54) is 6.07 Å². The van der Waals surface area contributed by atoms with Gasteiger partial charge in [-0.2, -0.15) is 5.26 Å². The van der Waals surface area contributed by atoms with E-state index in [1.54, 1.807) is 6.07 Å². The Labute approximate surface area is 121 Å². The maximum atomic E-state index is 14.0. The molecule has 5 heteroatoms. The summed E-state index contributed by atoms with van der Waals surface area (Å²) in [6.45, 7) is 0. The molecule has 0 aliphatic carbocycles. The Bertz CT molecular complexity index is 635. The van der Waals surface area contributed by atoms with Crippen LogP contribution in [-0.2, 0) is 0 Å². The van der Waals surface area contributed by atoms with E-state index in [2.05, 4.69) is 37.2 Å². The highest BCUT2D eigenvalue weighted by molar-refractivity contribution is 9.11. The van der Waals surface area contributed by atoms with E-state index in [-0.39, 0.29) is 10.0 Å². The van der Waals surface area contributed by atoms with Gasteiger partial charge in [-0.05, 0) is 56.1 Å². The third-order valence-corrected chi connectivity index (χ3v) is 3.81. The Morgan fingerprint density at radius 3 is 2.44 bits per heavy atom. The fourth-order valence-electron chi connectivity index (χ4n) is 1.44. The van der Waals surface area contributed by atoms with Crippen molar-refractivity contribution in [2.24, 2.45) is 0 Å².